The molecule has 1 amide bonds. The fourth-order valence-electron chi connectivity index (χ4n) is 3.76. The summed E-state index contributed by atoms with van der Waals surface area (Å²) in [7, 11) is 1.50. The van der Waals surface area contributed by atoms with Gasteiger partial charge in [0, 0.05) is 48.3 Å². The summed E-state index contributed by atoms with van der Waals surface area (Å²) in [5.41, 5.74) is 2.25. The van der Waals surface area contributed by atoms with Crippen LogP contribution in [0.15, 0.2) is 84.3 Å². The van der Waals surface area contributed by atoms with E-state index in [1.54, 1.807) is 36.7 Å². The van der Waals surface area contributed by atoms with E-state index in [4.69, 9.17) is 14.3 Å². The van der Waals surface area contributed by atoms with Gasteiger partial charge in [-0.15, -0.1) is 0 Å². The van der Waals surface area contributed by atoms with E-state index < -0.39 is 5.60 Å². The molecule has 0 bridgehead atoms. The predicted octanol–water partition coefficient (Wildman–Crippen LogP) is 3.99. The van der Waals surface area contributed by atoms with E-state index in [2.05, 4.69) is 21.5 Å². The van der Waals surface area contributed by atoms with Crippen LogP contribution in [0.4, 0.5) is 5.69 Å². The van der Waals surface area contributed by atoms with Crippen LogP contribution in [0.3, 0.4) is 0 Å². The van der Waals surface area contributed by atoms with Gasteiger partial charge >= 0.3 is 0 Å². The Morgan fingerprint density at radius 3 is 2.59 bits per heavy atom. The van der Waals surface area contributed by atoms with Crippen molar-refractivity contribution in [1.29, 1.82) is 5.26 Å². The van der Waals surface area contributed by atoms with Gasteiger partial charge in [0.25, 0.3) is 0 Å². The molecule has 1 aromatic heterocycles. The Balaban J connectivity index is 1.41. The van der Waals surface area contributed by atoms with Crippen molar-refractivity contribution in [2.45, 2.75) is 24.5 Å². The number of methoxy groups -OCH3 is 1. The number of carbonyl (C=O) groups is 1. The zero-order chi connectivity index (χ0) is 23.8. The molecule has 3 aromatic rings. The van der Waals surface area contributed by atoms with E-state index >= 15 is 0 Å². The van der Waals surface area contributed by atoms with E-state index in [1.165, 1.54) is 7.11 Å². The second kappa shape index (κ2) is 10.7. The number of benzene rings is 2. The third-order valence-electron chi connectivity index (χ3n) is 5.45. The summed E-state index contributed by atoms with van der Waals surface area (Å²) in [6, 6.07) is 22.3. The number of pyridine rings is 1. The van der Waals surface area contributed by atoms with Gasteiger partial charge in [-0.1, -0.05) is 47.6 Å². The predicted molar refractivity (Wildman–Crippen MR) is 126 cm³/mol. The molecular weight excluding hydrogens is 432 g/mol. The van der Waals surface area contributed by atoms with Gasteiger partial charge in [-0.2, -0.15) is 5.26 Å². The third-order valence-corrected chi connectivity index (χ3v) is 5.45. The SMILES string of the molecule is COCOC(C#N)(c1ccccc1)c1ccc(NC(=O)CC2CC(c3cccnc3)=NO2)cc1. The molecule has 2 heterocycles. The molecule has 8 heteroatoms. The van der Waals surface area contributed by atoms with Gasteiger partial charge in [0.15, 0.2) is 0 Å². The van der Waals surface area contributed by atoms with Crippen LogP contribution in [0.2, 0.25) is 0 Å². The van der Waals surface area contributed by atoms with Crippen molar-refractivity contribution in [2.24, 2.45) is 5.16 Å². The van der Waals surface area contributed by atoms with E-state index in [0.29, 0.717) is 23.2 Å². The van der Waals surface area contributed by atoms with Gasteiger partial charge in [0.05, 0.1) is 12.1 Å². The number of nitrogens with one attached hydrogen (secondary N) is 1. The topological polar surface area (TPSA) is 106 Å². The molecule has 0 aliphatic carbocycles. The van der Waals surface area contributed by atoms with E-state index in [1.807, 2.05) is 42.5 Å². The molecule has 0 fully saturated rings. The highest BCUT2D eigenvalue weighted by Crippen LogP contribution is 2.34. The number of nitrogens with zero attached hydrogens (tertiary/aromatic N) is 3. The van der Waals surface area contributed by atoms with Crippen molar-refractivity contribution >= 4 is 17.3 Å². The number of hydrogen-bond acceptors (Lipinski definition) is 7. The number of hydrogen-bond donors (Lipinski definition) is 1. The second-order valence-corrected chi connectivity index (χ2v) is 7.75. The first kappa shape index (κ1) is 23.1. The van der Waals surface area contributed by atoms with Crippen LogP contribution >= 0.6 is 0 Å². The molecule has 4 rings (SSSR count). The van der Waals surface area contributed by atoms with Crippen molar-refractivity contribution < 1.29 is 19.1 Å². The molecule has 0 spiro atoms. The summed E-state index contributed by atoms with van der Waals surface area (Å²) in [6.45, 7) is -0.0502. The van der Waals surface area contributed by atoms with E-state index in [0.717, 1.165) is 11.3 Å². The van der Waals surface area contributed by atoms with Crippen molar-refractivity contribution in [1.82, 2.24) is 4.98 Å². The second-order valence-electron chi connectivity index (χ2n) is 7.75. The normalized spacial score (nSPS) is 16.6. The van der Waals surface area contributed by atoms with E-state index in [-0.39, 0.29) is 25.2 Å². The smallest absolute Gasteiger partial charge is 0.228 e. The lowest BCUT2D eigenvalue weighted by molar-refractivity contribution is -0.118. The summed E-state index contributed by atoms with van der Waals surface area (Å²) in [4.78, 5) is 22.1. The van der Waals surface area contributed by atoms with Crippen LogP contribution in [0, 0.1) is 11.3 Å². The molecule has 8 nitrogen and oxygen atoms in total. The maximum Gasteiger partial charge on any atom is 0.228 e. The molecule has 2 aromatic carbocycles. The Bertz CT molecular complexity index is 1180. The zero-order valence-electron chi connectivity index (χ0n) is 18.7. The maximum absolute atomic E-state index is 12.6. The highest BCUT2D eigenvalue weighted by Gasteiger charge is 2.36. The van der Waals surface area contributed by atoms with Crippen LogP contribution in [-0.4, -0.2) is 36.6 Å². The lowest BCUT2D eigenvalue weighted by Gasteiger charge is -2.27. The molecular formula is C26H24N4O4. The van der Waals surface area contributed by atoms with Crippen molar-refractivity contribution in [3.63, 3.8) is 0 Å². The monoisotopic (exact) mass is 456 g/mol. The number of ether oxygens (including phenoxy) is 2. The minimum Gasteiger partial charge on any atom is -0.391 e. The Labute approximate surface area is 197 Å². The Morgan fingerprint density at radius 1 is 1.15 bits per heavy atom. The zero-order valence-corrected chi connectivity index (χ0v) is 18.7. The van der Waals surface area contributed by atoms with Gasteiger partial charge in [-0.25, -0.2) is 0 Å². The molecule has 34 heavy (non-hydrogen) atoms. The number of aromatic nitrogens is 1. The minimum atomic E-state index is -1.34. The number of nitriles is 1. The summed E-state index contributed by atoms with van der Waals surface area (Å²) >= 11 is 0. The maximum atomic E-state index is 12.6. The molecule has 2 atom stereocenters. The fourth-order valence-corrected chi connectivity index (χ4v) is 3.76. The molecule has 0 radical (unpaired) electrons. The average Bonchev–Trinajstić information content (AvgIpc) is 3.35. The van der Waals surface area contributed by atoms with Crippen LogP contribution in [-0.2, 0) is 24.7 Å². The first-order valence-corrected chi connectivity index (χ1v) is 10.8. The number of rotatable bonds is 9. The first-order valence-electron chi connectivity index (χ1n) is 10.8. The van der Waals surface area contributed by atoms with Crippen LogP contribution in [0.1, 0.15) is 29.5 Å². The van der Waals surface area contributed by atoms with Gasteiger partial charge < -0.3 is 19.6 Å². The van der Waals surface area contributed by atoms with Gasteiger partial charge in [0.2, 0.25) is 11.5 Å². The number of oxime groups is 1. The van der Waals surface area contributed by atoms with Crippen LogP contribution < -0.4 is 5.32 Å². The van der Waals surface area contributed by atoms with Gasteiger partial charge in [0.1, 0.15) is 19.0 Å². The third kappa shape index (κ3) is 5.12. The highest BCUT2D eigenvalue weighted by atomic mass is 16.7. The molecule has 2 unspecified atom stereocenters. The van der Waals surface area contributed by atoms with Crippen molar-refractivity contribution in [2.75, 3.05) is 19.2 Å². The van der Waals surface area contributed by atoms with Gasteiger partial charge in [-0.05, 0) is 24.3 Å². The van der Waals surface area contributed by atoms with Crippen molar-refractivity contribution in [3.8, 4) is 6.07 Å². The Morgan fingerprint density at radius 2 is 1.91 bits per heavy atom. The lowest BCUT2D eigenvalue weighted by atomic mass is 9.87. The van der Waals surface area contributed by atoms with Crippen LogP contribution in [0.25, 0.3) is 0 Å². The molecule has 1 aliphatic heterocycles. The van der Waals surface area contributed by atoms with E-state index in [9.17, 15) is 10.1 Å². The lowest BCUT2D eigenvalue weighted by Crippen LogP contribution is -2.30. The Kier molecular flexibility index (Phi) is 7.28. The molecule has 0 saturated carbocycles. The fraction of sp³-hybridized carbons (Fsp3) is 0.231. The standard InChI is InChI=1S/C26H24N4O4/c1-32-18-33-26(17-27,20-7-3-2-4-8-20)21-9-11-22(12-10-21)29-25(31)15-23-14-24(30-34-23)19-6-5-13-28-16-19/h2-13,16,23H,14-15,18H2,1H3,(H,29,31). The summed E-state index contributed by atoms with van der Waals surface area (Å²) in [6.07, 6.45) is 3.79. The minimum absolute atomic E-state index is 0.0502. The Hall–Kier alpha value is -4.06. The number of anilines is 1. The average molecular weight is 457 g/mol. The van der Waals surface area contributed by atoms with Crippen molar-refractivity contribution in [3.05, 3.63) is 95.8 Å². The summed E-state index contributed by atoms with van der Waals surface area (Å²) < 4.78 is 10.9. The molecule has 1 aliphatic rings. The largest absolute Gasteiger partial charge is 0.391 e. The summed E-state index contributed by atoms with van der Waals surface area (Å²) in [5.74, 6) is -0.189. The number of amides is 1. The number of carbonyl (C=O) groups excluding carboxylic acids is 1. The molecule has 0 saturated heterocycles. The van der Waals surface area contributed by atoms with Crippen LogP contribution in [0.5, 0.6) is 0 Å². The molecule has 1 N–H and O–H groups in total. The quantitative estimate of drug-likeness (QED) is 0.488. The highest BCUT2D eigenvalue weighted by molar-refractivity contribution is 6.01. The van der Waals surface area contributed by atoms with Gasteiger partial charge in [-0.3, -0.25) is 9.78 Å². The first-order chi connectivity index (χ1) is 16.6. The molecule has 172 valence electrons. The summed E-state index contributed by atoms with van der Waals surface area (Å²) in [5, 5.41) is 17.0.